The Balaban J connectivity index is 1.53. The molecule has 1 fully saturated rings. The lowest BCUT2D eigenvalue weighted by Crippen LogP contribution is -2.38. The zero-order valence-corrected chi connectivity index (χ0v) is 15.4. The zero-order valence-electron chi connectivity index (χ0n) is 14.6. The first-order valence-corrected chi connectivity index (χ1v) is 10.2. The fraction of sp³-hybridized carbons (Fsp3) is 0.250. The molecule has 2 aromatic heterocycles. The summed E-state index contributed by atoms with van der Waals surface area (Å²) in [6.07, 6.45) is 3.11. The first kappa shape index (κ1) is 17.6. The molecule has 27 heavy (non-hydrogen) atoms. The summed E-state index contributed by atoms with van der Waals surface area (Å²) in [5, 5.41) is 10.2. The number of nitrogens with zero attached hydrogens (tertiary/aromatic N) is 4. The lowest BCUT2D eigenvalue weighted by Gasteiger charge is -2.31. The van der Waals surface area contributed by atoms with Crippen molar-refractivity contribution in [2.24, 2.45) is 0 Å². The van der Waals surface area contributed by atoms with E-state index in [1.165, 1.54) is 16.4 Å². The number of benzene rings is 1. The molecule has 6 nitrogen and oxygen atoms in total. The topological polar surface area (TPSA) is 87.0 Å². The third-order valence-electron chi connectivity index (χ3n) is 4.98. The number of hydrogen-bond donors (Lipinski definition) is 0. The molecule has 3 aromatic rings. The van der Waals surface area contributed by atoms with Gasteiger partial charge in [0, 0.05) is 36.3 Å². The number of piperidine rings is 1. The molecule has 0 spiro atoms. The predicted molar refractivity (Wildman–Crippen MR) is 101 cm³/mol. The largest absolute Gasteiger partial charge is 0.244 e. The Kier molecular flexibility index (Phi) is 4.60. The van der Waals surface area contributed by atoms with Crippen molar-refractivity contribution >= 4 is 21.1 Å². The van der Waals surface area contributed by atoms with Gasteiger partial charge in [-0.15, -0.1) is 0 Å². The van der Waals surface area contributed by atoms with Crippen LogP contribution >= 0.6 is 0 Å². The van der Waals surface area contributed by atoms with E-state index in [0.717, 1.165) is 11.1 Å². The molecule has 0 radical (unpaired) electrons. The van der Waals surface area contributed by atoms with Crippen LogP contribution in [0.25, 0.3) is 11.0 Å². The number of hydrogen-bond acceptors (Lipinski definition) is 5. The van der Waals surface area contributed by atoms with Gasteiger partial charge in [0.2, 0.25) is 10.0 Å². The summed E-state index contributed by atoms with van der Waals surface area (Å²) in [7, 11) is -3.67. The highest BCUT2D eigenvalue weighted by Crippen LogP contribution is 2.31. The van der Waals surface area contributed by atoms with E-state index in [2.05, 4.69) is 9.97 Å². The van der Waals surface area contributed by atoms with Crippen LogP contribution in [0, 0.1) is 11.3 Å². The maximum atomic E-state index is 12.9. The minimum atomic E-state index is -3.67. The summed E-state index contributed by atoms with van der Waals surface area (Å²) in [5.41, 5.74) is 1.85. The second-order valence-corrected chi connectivity index (χ2v) is 8.48. The molecule has 1 saturated heterocycles. The van der Waals surface area contributed by atoms with Gasteiger partial charge in [-0.1, -0.05) is 12.1 Å². The Morgan fingerprint density at radius 1 is 1.04 bits per heavy atom. The van der Waals surface area contributed by atoms with Crippen molar-refractivity contribution in [2.45, 2.75) is 23.7 Å². The quantitative estimate of drug-likeness (QED) is 0.699. The third-order valence-corrected chi connectivity index (χ3v) is 6.94. The highest BCUT2D eigenvalue weighted by Gasteiger charge is 2.31. The van der Waals surface area contributed by atoms with E-state index in [9.17, 15) is 13.7 Å². The SMILES string of the molecule is N#Cc1ccccc1S(=O)(=O)N1CCC(c2ccc3cccnc3n2)CC1. The third kappa shape index (κ3) is 3.29. The summed E-state index contributed by atoms with van der Waals surface area (Å²) in [5.74, 6) is 0.203. The number of aromatic nitrogens is 2. The van der Waals surface area contributed by atoms with Gasteiger partial charge in [-0.25, -0.2) is 18.4 Å². The molecule has 0 unspecified atom stereocenters. The molecule has 0 N–H and O–H groups in total. The van der Waals surface area contributed by atoms with Crippen LogP contribution in [0.1, 0.15) is 30.0 Å². The normalized spacial score (nSPS) is 16.3. The van der Waals surface area contributed by atoms with Crippen LogP contribution in [0.2, 0.25) is 0 Å². The molecule has 0 bridgehead atoms. The van der Waals surface area contributed by atoms with Crippen LogP contribution in [0.3, 0.4) is 0 Å². The molecular formula is C20H18N4O2S. The summed E-state index contributed by atoms with van der Waals surface area (Å²) in [6, 6.07) is 16.2. The van der Waals surface area contributed by atoms with Gasteiger partial charge in [0.05, 0.1) is 10.5 Å². The van der Waals surface area contributed by atoms with Crippen LogP contribution < -0.4 is 0 Å². The van der Waals surface area contributed by atoms with Gasteiger partial charge in [0.1, 0.15) is 6.07 Å². The second-order valence-electron chi connectivity index (χ2n) is 6.57. The Bertz CT molecular complexity index is 1130. The van der Waals surface area contributed by atoms with Crippen LogP contribution in [-0.2, 0) is 10.0 Å². The second kappa shape index (κ2) is 7.06. The summed E-state index contributed by atoms with van der Waals surface area (Å²) < 4.78 is 27.3. The fourth-order valence-corrected chi connectivity index (χ4v) is 5.12. The Morgan fingerprint density at radius 2 is 1.81 bits per heavy atom. The number of rotatable bonds is 3. The van der Waals surface area contributed by atoms with Gasteiger partial charge >= 0.3 is 0 Å². The maximum Gasteiger partial charge on any atom is 0.244 e. The molecule has 0 aliphatic carbocycles. The Labute approximate surface area is 158 Å². The molecule has 136 valence electrons. The van der Waals surface area contributed by atoms with Crippen LogP contribution in [-0.4, -0.2) is 35.8 Å². The van der Waals surface area contributed by atoms with E-state index < -0.39 is 10.0 Å². The van der Waals surface area contributed by atoms with E-state index in [1.54, 1.807) is 18.3 Å². The fourth-order valence-electron chi connectivity index (χ4n) is 3.51. The minimum absolute atomic E-state index is 0.0824. The van der Waals surface area contributed by atoms with Gasteiger partial charge < -0.3 is 0 Å². The molecular weight excluding hydrogens is 360 g/mol. The molecule has 4 rings (SSSR count). The summed E-state index contributed by atoms with van der Waals surface area (Å²) in [6.45, 7) is 0.823. The first-order valence-electron chi connectivity index (χ1n) is 8.80. The lowest BCUT2D eigenvalue weighted by atomic mass is 9.94. The van der Waals surface area contributed by atoms with Gasteiger partial charge in [-0.2, -0.15) is 9.57 Å². The highest BCUT2D eigenvalue weighted by molar-refractivity contribution is 7.89. The van der Waals surface area contributed by atoms with Crippen LogP contribution in [0.15, 0.2) is 59.6 Å². The van der Waals surface area contributed by atoms with Crippen molar-refractivity contribution in [1.29, 1.82) is 5.26 Å². The molecule has 0 saturated carbocycles. The number of pyridine rings is 2. The van der Waals surface area contributed by atoms with Crippen molar-refractivity contribution in [1.82, 2.24) is 14.3 Å². The maximum absolute atomic E-state index is 12.9. The van der Waals surface area contributed by atoms with Gasteiger partial charge in [0.15, 0.2) is 5.65 Å². The zero-order chi connectivity index (χ0) is 18.9. The van der Waals surface area contributed by atoms with Crippen molar-refractivity contribution in [3.05, 3.63) is 66.0 Å². The number of fused-ring (bicyclic) bond motifs is 1. The number of nitriles is 1. The van der Waals surface area contributed by atoms with E-state index >= 15 is 0 Å². The molecule has 0 amide bonds. The van der Waals surface area contributed by atoms with Gasteiger partial charge in [0.25, 0.3) is 0 Å². The summed E-state index contributed by atoms with van der Waals surface area (Å²) >= 11 is 0. The Hall–Kier alpha value is -2.82. The summed E-state index contributed by atoms with van der Waals surface area (Å²) in [4.78, 5) is 9.03. The van der Waals surface area contributed by atoms with Crippen molar-refractivity contribution in [2.75, 3.05) is 13.1 Å². The van der Waals surface area contributed by atoms with E-state index in [0.29, 0.717) is 31.6 Å². The predicted octanol–water partition coefficient (Wildman–Crippen LogP) is 3.07. The van der Waals surface area contributed by atoms with Crippen molar-refractivity contribution in [3.63, 3.8) is 0 Å². The van der Waals surface area contributed by atoms with Crippen LogP contribution in [0.4, 0.5) is 0 Å². The molecule has 1 aromatic carbocycles. The van der Waals surface area contributed by atoms with Gasteiger partial charge in [-0.3, -0.25) is 0 Å². The van der Waals surface area contributed by atoms with Gasteiger partial charge in [-0.05, 0) is 49.2 Å². The van der Waals surface area contributed by atoms with Crippen LogP contribution in [0.5, 0.6) is 0 Å². The average Bonchev–Trinajstić information content (AvgIpc) is 2.73. The van der Waals surface area contributed by atoms with Crippen molar-refractivity contribution in [3.8, 4) is 6.07 Å². The molecule has 0 atom stereocenters. The Morgan fingerprint density at radius 3 is 2.59 bits per heavy atom. The average molecular weight is 378 g/mol. The first-order chi connectivity index (χ1) is 13.1. The molecule has 3 heterocycles. The lowest BCUT2D eigenvalue weighted by molar-refractivity contribution is 0.317. The van der Waals surface area contributed by atoms with Crippen molar-refractivity contribution < 1.29 is 8.42 Å². The molecule has 1 aliphatic rings. The van der Waals surface area contributed by atoms with E-state index in [1.807, 2.05) is 30.3 Å². The highest BCUT2D eigenvalue weighted by atomic mass is 32.2. The smallest absolute Gasteiger partial charge is 0.237 e. The minimum Gasteiger partial charge on any atom is -0.237 e. The van der Waals surface area contributed by atoms with E-state index in [-0.39, 0.29) is 16.4 Å². The van der Waals surface area contributed by atoms with E-state index in [4.69, 9.17) is 0 Å². The monoisotopic (exact) mass is 378 g/mol. The standard InChI is InChI=1S/C20H18N4O2S/c21-14-17-4-1-2-6-19(17)27(25,26)24-12-9-15(10-13-24)18-8-7-16-5-3-11-22-20(16)23-18/h1-8,11,15H,9-10,12-13H2. The number of sulfonamides is 1. The molecule has 7 heteroatoms. The molecule has 1 aliphatic heterocycles.